The number of fused-ring (bicyclic) bond motifs is 1. The van der Waals surface area contributed by atoms with Crippen molar-refractivity contribution in [3.05, 3.63) is 70.8 Å². The van der Waals surface area contributed by atoms with E-state index < -0.39 is 17.8 Å². The topological polar surface area (TPSA) is 68.3 Å². The van der Waals surface area contributed by atoms with Gasteiger partial charge < -0.3 is 4.90 Å². The van der Waals surface area contributed by atoms with E-state index >= 15 is 0 Å². The van der Waals surface area contributed by atoms with E-state index in [1.54, 1.807) is 49.2 Å². The lowest BCUT2D eigenvalue weighted by atomic mass is 10.1. The lowest BCUT2D eigenvalue weighted by Crippen LogP contribution is -2.27. The Hall–Kier alpha value is -3.69. The molecular formula is C22H21F3N6O. The molecule has 1 amide bonds. The third kappa shape index (κ3) is 3.95. The third-order valence-electron chi connectivity index (χ3n) is 5.38. The van der Waals surface area contributed by atoms with Gasteiger partial charge in [0.2, 0.25) is 0 Å². The molecule has 0 fully saturated rings. The van der Waals surface area contributed by atoms with Gasteiger partial charge in [-0.05, 0) is 19.9 Å². The van der Waals surface area contributed by atoms with Gasteiger partial charge in [-0.3, -0.25) is 9.48 Å². The standard InChI is InChI=1S/C22H21F3N6O/c1-13-5-7-15(8-6-13)17-9-19(22(23,24)25)31-20(27-17)10-18(28-31)21(32)29(3)12-16-11-26-30(4)14(16)2/h5-11H,12H2,1-4H3. The van der Waals surface area contributed by atoms with Gasteiger partial charge in [0.05, 0.1) is 11.9 Å². The Bertz CT molecular complexity index is 1300. The normalized spacial score (nSPS) is 11.8. The molecule has 166 valence electrons. The second kappa shape index (κ2) is 7.77. The van der Waals surface area contributed by atoms with Crippen molar-refractivity contribution in [2.24, 2.45) is 7.05 Å². The van der Waals surface area contributed by atoms with E-state index in [1.165, 1.54) is 11.0 Å². The van der Waals surface area contributed by atoms with E-state index in [0.717, 1.165) is 22.9 Å². The lowest BCUT2D eigenvalue weighted by Gasteiger charge is -2.15. The predicted molar refractivity (Wildman–Crippen MR) is 112 cm³/mol. The van der Waals surface area contributed by atoms with Crippen LogP contribution >= 0.6 is 0 Å². The number of alkyl halides is 3. The van der Waals surface area contributed by atoms with Gasteiger partial charge in [-0.25, -0.2) is 9.50 Å². The summed E-state index contributed by atoms with van der Waals surface area (Å²) < 4.78 is 43.7. The molecule has 4 rings (SSSR count). The molecule has 0 radical (unpaired) electrons. The zero-order valence-corrected chi connectivity index (χ0v) is 18.0. The molecule has 0 aliphatic carbocycles. The molecule has 0 atom stereocenters. The van der Waals surface area contributed by atoms with Crippen LogP contribution in [0.5, 0.6) is 0 Å². The van der Waals surface area contributed by atoms with E-state index in [1.807, 2.05) is 13.8 Å². The van der Waals surface area contributed by atoms with Crippen LogP contribution in [0.4, 0.5) is 13.2 Å². The van der Waals surface area contributed by atoms with Crippen LogP contribution in [0.25, 0.3) is 16.9 Å². The molecule has 3 heterocycles. The van der Waals surface area contributed by atoms with Crippen molar-refractivity contribution < 1.29 is 18.0 Å². The number of carbonyl (C=O) groups is 1. The molecule has 7 nitrogen and oxygen atoms in total. The monoisotopic (exact) mass is 442 g/mol. The molecule has 0 N–H and O–H groups in total. The van der Waals surface area contributed by atoms with Crippen LogP contribution in [0.3, 0.4) is 0 Å². The number of hydrogen-bond acceptors (Lipinski definition) is 4. The minimum absolute atomic E-state index is 0.0512. The molecule has 3 aromatic heterocycles. The Morgan fingerprint density at radius 3 is 2.41 bits per heavy atom. The Morgan fingerprint density at radius 2 is 1.81 bits per heavy atom. The number of benzene rings is 1. The number of carbonyl (C=O) groups excluding carboxylic acids is 1. The summed E-state index contributed by atoms with van der Waals surface area (Å²) in [6.07, 6.45) is -3.02. The molecule has 0 aliphatic rings. The van der Waals surface area contributed by atoms with Crippen LogP contribution < -0.4 is 0 Å². The highest BCUT2D eigenvalue weighted by molar-refractivity contribution is 5.93. The number of nitrogens with zero attached hydrogens (tertiary/aromatic N) is 6. The highest BCUT2D eigenvalue weighted by atomic mass is 19.4. The van der Waals surface area contributed by atoms with E-state index in [2.05, 4.69) is 15.2 Å². The van der Waals surface area contributed by atoms with Crippen molar-refractivity contribution in [3.8, 4) is 11.3 Å². The zero-order valence-electron chi connectivity index (χ0n) is 18.0. The largest absolute Gasteiger partial charge is 0.433 e. The fourth-order valence-corrected chi connectivity index (χ4v) is 3.38. The summed E-state index contributed by atoms with van der Waals surface area (Å²) in [5, 5.41) is 8.08. The molecule has 0 saturated heterocycles. The second-order valence-electron chi connectivity index (χ2n) is 7.73. The van der Waals surface area contributed by atoms with Crippen LogP contribution in [-0.2, 0) is 19.8 Å². The van der Waals surface area contributed by atoms with E-state index in [4.69, 9.17) is 0 Å². The summed E-state index contributed by atoms with van der Waals surface area (Å²) in [6, 6.07) is 9.25. The van der Waals surface area contributed by atoms with Crippen molar-refractivity contribution in [2.75, 3.05) is 7.05 Å². The van der Waals surface area contributed by atoms with Crippen molar-refractivity contribution >= 4 is 11.6 Å². The molecule has 1 aromatic carbocycles. The van der Waals surface area contributed by atoms with Gasteiger partial charge in [-0.2, -0.15) is 23.4 Å². The van der Waals surface area contributed by atoms with Gasteiger partial charge in [0.25, 0.3) is 5.91 Å². The van der Waals surface area contributed by atoms with Gasteiger partial charge >= 0.3 is 6.18 Å². The number of aryl methyl sites for hydroxylation is 2. The fraction of sp³-hybridized carbons (Fsp3) is 0.273. The smallest absolute Gasteiger partial charge is 0.336 e. The predicted octanol–water partition coefficient (Wildman–Crippen LogP) is 4.04. The fourth-order valence-electron chi connectivity index (χ4n) is 3.38. The first-order chi connectivity index (χ1) is 15.0. The van der Waals surface area contributed by atoms with Gasteiger partial charge in [-0.1, -0.05) is 29.8 Å². The van der Waals surface area contributed by atoms with E-state index in [9.17, 15) is 18.0 Å². The number of amides is 1. The van der Waals surface area contributed by atoms with Crippen LogP contribution in [0, 0.1) is 13.8 Å². The molecule has 4 aromatic rings. The number of rotatable bonds is 4. The molecule has 0 unspecified atom stereocenters. The van der Waals surface area contributed by atoms with Gasteiger partial charge in [-0.15, -0.1) is 0 Å². The first-order valence-electron chi connectivity index (χ1n) is 9.82. The average Bonchev–Trinajstić information content (AvgIpc) is 3.30. The quantitative estimate of drug-likeness (QED) is 0.479. The Balaban J connectivity index is 1.74. The van der Waals surface area contributed by atoms with Gasteiger partial charge in [0, 0.05) is 43.5 Å². The molecule has 0 aliphatic heterocycles. The maximum Gasteiger partial charge on any atom is 0.433 e. The summed E-state index contributed by atoms with van der Waals surface area (Å²) in [6.45, 7) is 4.01. The van der Waals surface area contributed by atoms with Gasteiger partial charge in [0.1, 0.15) is 0 Å². The average molecular weight is 442 g/mol. The maximum atomic E-state index is 13.8. The molecule has 0 saturated carbocycles. The molecule has 32 heavy (non-hydrogen) atoms. The summed E-state index contributed by atoms with van der Waals surface area (Å²) in [5.74, 6) is -0.510. The molecule has 10 heteroatoms. The van der Waals surface area contributed by atoms with Crippen molar-refractivity contribution in [2.45, 2.75) is 26.6 Å². The van der Waals surface area contributed by atoms with Crippen LogP contribution in [0.15, 0.2) is 42.6 Å². The zero-order chi connectivity index (χ0) is 23.2. The Labute approximate surface area is 182 Å². The summed E-state index contributed by atoms with van der Waals surface area (Å²) in [5.41, 5.74) is 2.24. The number of hydrogen-bond donors (Lipinski definition) is 0. The van der Waals surface area contributed by atoms with Crippen LogP contribution in [0.1, 0.15) is 33.0 Å². The highest BCUT2D eigenvalue weighted by Crippen LogP contribution is 2.32. The Morgan fingerprint density at radius 1 is 1.12 bits per heavy atom. The lowest BCUT2D eigenvalue weighted by molar-refractivity contribution is -0.142. The minimum atomic E-state index is -4.67. The first-order valence-corrected chi connectivity index (χ1v) is 9.82. The van der Waals surface area contributed by atoms with Crippen molar-refractivity contribution in [1.29, 1.82) is 0 Å². The Kier molecular flexibility index (Phi) is 5.23. The van der Waals surface area contributed by atoms with Gasteiger partial charge in [0.15, 0.2) is 17.0 Å². The van der Waals surface area contributed by atoms with E-state index in [0.29, 0.717) is 10.1 Å². The molecular weight excluding hydrogens is 421 g/mol. The minimum Gasteiger partial charge on any atom is -0.336 e. The van der Waals surface area contributed by atoms with Crippen molar-refractivity contribution in [1.82, 2.24) is 29.3 Å². The van der Waals surface area contributed by atoms with Crippen LogP contribution in [0.2, 0.25) is 0 Å². The molecule has 0 bridgehead atoms. The first kappa shape index (κ1) is 21.5. The SMILES string of the molecule is Cc1ccc(-c2cc(C(F)(F)F)n3nc(C(=O)N(C)Cc4cnn(C)c4C)cc3n2)cc1. The summed E-state index contributed by atoms with van der Waals surface area (Å²) in [4.78, 5) is 18.6. The van der Waals surface area contributed by atoms with Crippen molar-refractivity contribution in [3.63, 3.8) is 0 Å². The highest BCUT2D eigenvalue weighted by Gasteiger charge is 2.36. The number of halogens is 3. The summed E-state index contributed by atoms with van der Waals surface area (Å²) in [7, 11) is 3.35. The maximum absolute atomic E-state index is 13.8. The van der Waals surface area contributed by atoms with Crippen LogP contribution in [-0.4, -0.2) is 42.2 Å². The van der Waals surface area contributed by atoms with E-state index in [-0.39, 0.29) is 23.6 Å². The third-order valence-corrected chi connectivity index (χ3v) is 5.38. The number of aromatic nitrogens is 5. The molecule has 0 spiro atoms. The summed E-state index contributed by atoms with van der Waals surface area (Å²) >= 11 is 0. The second-order valence-corrected chi connectivity index (χ2v) is 7.73.